The highest BCUT2D eigenvalue weighted by atomic mass is 16.5. The maximum Gasteiger partial charge on any atom is 0.244 e. The molecule has 29 heavy (non-hydrogen) atoms. The van der Waals surface area contributed by atoms with Gasteiger partial charge in [0.15, 0.2) is 11.5 Å². The molecule has 0 heterocycles. The van der Waals surface area contributed by atoms with Gasteiger partial charge in [-0.3, -0.25) is 14.4 Å². The van der Waals surface area contributed by atoms with Gasteiger partial charge in [-0.25, -0.2) is 0 Å². The zero-order valence-corrected chi connectivity index (χ0v) is 16.9. The number of ether oxygens (including phenoxy) is 2. The molecule has 154 valence electrons. The molecule has 0 saturated heterocycles. The maximum absolute atomic E-state index is 12.4. The van der Waals surface area contributed by atoms with Gasteiger partial charge in [0.05, 0.1) is 14.2 Å². The third-order valence-corrected chi connectivity index (χ3v) is 4.09. The van der Waals surface area contributed by atoms with E-state index in [2.05, 4.69) is 10.6 Å². The van der Waals surface area contributed by atoms with Gasteiger partial charge in [0.25, 0.3) is 0 Å². The van der Waals surface area contributed by atoms with Crippen LogP contribution in [0.15, 0.2) is 42.5 Å². The molecule has 3 amide bonds. The molecule has 8 nitrogen and oxygen atoms in total. The highest BCUT2D eigenvalue weighted by molar-refractivity contribution is 5.95. The van der Waals surface area contributed by atoms with Gasteiger partial charge in [-0.15, -0.1) is 0 Å². The summed E-state index contributed by atoms with van der Waals surface area (Å²) in [5.74, 6) is 0.418. The number of hydrogen-bond acceptors (Lipinski definition) is 5. The molecule has 0 bridgehead atoms. The van der Waals surface area contributed by atoms with Crippen LogP contribution in [0.5, 0.6) is 11.5 Å². The maximum atomic E-state index is 12.4. The molecule has 0 atom stereocenters. The number of hydrogen-bond donors (Lipinski definition) is 2. The van der Waals surface area contributed by atoms with Crippen LogP contribution in [-0.4, -0.2) is 43.4 Å². The van der Waals surface area contributed by atoms with Crippen molar-refractivity contribution < 1.29 is 23.9 Å². The smallest absolute Gasteiger partial charge is 0.244 e. The Labute approximate surface area is 169 Å². The van der Waals surface area contributed by atoms with E-state index in [1.807, 2.05) is 6.07 Å². The van der Waals surface area contributed by atoms with Crippen molar-refractivity contribution in [3.05, 3.63) is 48.0 Å². The molecule has 0 aliphatic heterocycles. The average Bonchev–Trinajstić information content (AvgIpc) is 2.68. The van der Waals surface area contributed by atoms with Crippen molar-refractivity contribution in [3.8, 4) is 11.5 Å². The second-order valence-electron chi connectivity index (χ2n) is 6.37. The lowest BCUT2D eigenvalue weighted by molar-refractivity contribution is -0.133. The van der Waals surface area contributed by atoms with Gasteiger partial charge in [-0.1, -0.05) is 6.07 Å². The molecule has 0 spiro atoms. The molecule has 0 radical (unpaired) electrons. The third kappa shape index (κ3) is 6.53. The number of rotatable bonds is 8. The van der Waals surface area contributed by atoms with Crippen LogP contribution in [0.25, 0.3) is 0 Å². The van der Waals surface area contributed by atoms with Gasteiger partial charge in [0.1, 0.15) is 6.54 Å². The number of methoxy groups -OCH3 is 2. The van der Waals surface area contributed by atoms with Gasteiger partial charge in [0.2, 0.25) is 17.7 Å². The van der Waals surface area contributed by atoms with E-state index in [1.165, 1.54) is 25.9 Å². The minimum Gasteiger partial charge on any atom is -0.493 e. The van der Waals surface area contributed by atoms with Crippen molar-refractivity contribution in [2.24, 2.45) is 0 Å². The van der Waals surface area contributed by atoms with Crippen LogP contribution < -0.4 is 20.1 Å². The molecule has 0 aliphatic rings. The summed E-state index contributed by atoms with van der Waals surface area (Å²) in [4.78, 5) is 36.9. The van der Waals surface area contributed by atoms with E-state index in [9.17, 15) is 14.4 Å². The van der Waals surface area contributed by atoms with Gasteiger partial charge in [-0.05, 0) is 42.0 Å². The van der Waals surface area contributed by atoms with Gasteiger partial charge in [-0.2, -0.15) is 0 Å². The second kappa shape index (κ2) is 10.1. The monoisotopic (exact) mass is 399 g/mol. The number of carbonyl (C=O) groups excluding carboxylic acids is 3. The molecule has 2 rings (SSSR count). The van der Waals surface area contributed by atoms with E-state index in [-0.39, 0.29) is 30.8 Å². The predicted molar refractivity (Wildman–Crippen MR) is 110 cm³/mol. The van der Waals surface area contributed by atoms with E-state index in [4.69, 9.17) is 9.47 Å². The van der Waals surface area contributed by atoms with Crippen molar-refractivity contribution in [1.82, 2.24) is 4.90 Å². The first-order valence-corrected chi connectivity index (χ1v) is 8.96. The fourth-order valence-corrected chi connectivity index (χ4v) is 2.69. The Hall–Kier alpha value is -3.55. The highest BCUT2D eigenvalue weighted by Gasteiger charge is 2.16. The summed E-state index contributed by atoms with van der Waals surface area (Å²) in [7, 11) is 3.08. The predicted octanol–water partition coefficient (Wildman–Crippen LogP) is 2.65. The Morgan fingerprint density at radius 2 is 1.45 bits per heavy atom. The number of amides is 3. The van der Waals surface area contributed by atoms with Crippen molar-refractivity contribution in [2.45, 2.75) is 20.4 Å². The second-order valence-corrected chi connectivity index (χ2v) is 6.37. The normalized spacial score (nSPS) is 10.1. The fraction of sp³-hybridized carbons (Fsp3) is 0.286. The lowest BCUT2D eigenvalue weighted by Gasteiger charge is -2.21. The minimum absolute atomic E-state index is 0.100. The van der Waals surface area contributed by atoms with Crippen LogP contribution in [0.1, 0.15) is 19.4 Å². The van der Waals surface area contributed by atoms with E-state index in [1.54, 1.807) is 43.5 Å². The number of carbonyl (C=O) groups is 3. The van der Waals surface area contributed by atoms with Gasteiger partial charge >= 0.3 is 0 Å². The van der Waals surface area contributed by atoms with Crippen molar-refractivity contribution in [1.29, 1.82) is 0 Å². The lowest BCUT2D eigenvalue weighted by atomic mass is 10.2. The van der Waals surface area contributed by atoms with Crippen LogP contribution in [0.3, 0.4) is 0 Å². The topological polar surface area (TPSA) is 97.0 Å². The summed E-state index contributed by atoms with van der Waals surface area (Å²) in [6.07, 6.45) is 0. The molecule has 2 N–H and O–H groups in total. The van der Waals surface area contributed by atoms with Crippen molar-refractivity contribution in [3.63, 3.8) is 0 Å². The average molecular weight is 399 g/mol. The quantitative estimate of drug-likeness (QED) is 0.711. The molecule has 0 aromatic heterocycles. The highest BCUT2D eigenvalue weighted by Crippen LogP contribution is 2.28. The van der Waals surface area contributed by atoms with Crippen molar-refractivity contribution >= 4 is 29.1 Å². The largest absolute Gasteiger partial charge is 0.493 e. The van der Waals surface area contributed by atoms with E-state index in [0.717, 1.165) is 5.56 Å². The Morgan fingerprint density at radius 1 is 0.862 bits per heavy atom. The summed E-state index contributed by atoms with van der Waals surface area (Å²) in [6, 6.07) is 12.1. The standard InChI is InChI=1S/C21H25N3O5/c1-14(25)22-17-6-8-18(9-7-17)23-21(27)13-24(15(2)26)12-16-5-10-19(28-3)20(11-16)29-4/h5-11H,12-13H2,1-4H3,(H,22,25)(H,23,27). The van der Waals surface area contributed by atoms with Crippen LogP contribution >= 0.6 is 0 Å². The summed E-state index contributed by atoms with van der Waals surface area (Å²) < 4.78 is 10.5. The Morgan fingerprint density at radius 3 is 1.97 bits per heavy atom. The van der Waals surface area contributed by atoms with Crippen LogP contribution in [-0.2, 0) is 20.9 Å². The summed E-state index contributed by atoms with van der Waals surface area (Å²) >= 11 is 0. The summed E-state index contributed by atoms with van der Waals surface area (Å²) in [5, 5.41) is 5.40. The molecule has 0 unspecified atom stereocenters. The number of benzene rings is 2. The van der Waals surface area contributed by atoms with E-state index >= 15 is 0 Å². The molecule has 2 aromatic rings. The molecule has 8 heteroatoms. The molecular weight excluding hydrogens is 374 g/mol. The first-order chi connectivity index (χ1) is 13.8. The zero-order chi connectivity index (χ0) is 21.4. The third-order valence-electron chi connectivity index (χ3n) is 4.09. The van der Waals surface area contributed by atoms with Crippen LogP contribution in [0.4, 0.5) is 11.4 Å². The SMILES string of the molecule is COc1ccc(CN(CC(=O)Nc2ccc(NC(C)=O)cc2)C(C)=O)cc1OC. The van der Waals surface area contributed by atoms with E-state index < -0.39 is 0 Å². The number of nitrogens with zero attached hydrogens (tertiary/aromatic N) is 1. The molecule has 2 aromatic carbocycles. The van der Waals surface area contributed by atoms with Gasteiger partial charge < -0.3 is 25.0 Å². The lowest BCUT2D eigenvalue weighted by Crippen LogP contribution is -2.36. The molecule has 0 saturated carbocycles. The summed E-state index contributed by atoms with van der Waals surface area (Å²) in [5.41, 5.74) is 2.01. The zero-order valence-electron chi connectivity index (χ0n) is 16.9. The Bertz CT molecular complexity index is 880. The number of anilines is 2. The van der Waals surface area contributed by atoms with Gasteiger partial charge in [0, 0.05) is 31.8 Å². The fourth-order valence-electron chi connectivity index (χ4n) is 2.69. The Kier molecular flexibility index (Phi) is 7.59. The molecule has 0 fully saturated rings. The summed E-state index contributed by atoms with van der Waals surface area (Å²) in [6.45, 7) is 2.99. The van der Waals surface area contributed by atoms with E-state index in [0.29, 0.717) is 22.9 Å². The van der Waals surface area contributed by atoms with Crippen LogP contribution in [0.2, 0.25) is 0 Å². The number of nitrogens with one attached hydrogen (secondary N) is 2. The molecule has 0 aliphatic carbocycles. The van der Waals surface area contributed by atoms with Crippen molar-refractivity contribution in [2.75, 3.05) is 31.4 Å². The minimum atomic E-state index is -0.326. The van der Waals surface area contributed by atoms with Crippen LogP contribution in [0, 0.1) is 0 Å². The first kappa shape index (κ1) is 21.7. The Balaban J connectivity index is 2.02. The first-order valence-electron chi connectivity index (χ1n) is 8.96. The molecular formula is C21H25N3O5.